The molecule has 0 unspecified atom stereocenters. The summed E-state index contributed by atoms with van der Waals surface area (Å²) in [7, 11) is 0. The fourth-order valence-electron chi connectivity index (χ4n) is 2.06. The van der Waals surface area contributed by atoms with Crippen LogP contribution in [-0.4, -0.2) is 24.8 Å². The second-order valence-corrected chi connectivity index (χ2v) is 4.06. The molecule has 0 aliphatic carbocycles. The van der Waals surface area contributed by atoms with Crippen LogP contribution in [0.4, 0.5) is 17.1 Å². The summed E-state index contributed by atoms with van der Waals surface area (Å²) in [6, 6.07) is 1.94. The second-order valence-electron chi connectivity index (χ2n) is 4.06. The van der Waals surface area contributed by atoms with Gasteiger partial charge in [0.1, 0.15) is 5.69 Å². The van der Waals surface area contributed by atoms with Gasteiger partial charge < -0.3 is 21.2 Å². The molecule has 0 spiro atoms. The lowest BCUT2D eigenvalue weighted by molar-refractivity contribution is -0.781. The molecule has 0 saturated carbocycles. The number of fused-ring (bicyclic) bond motifs is 1. The van der Waals surface area contributed by atoms with Gasteiger partial charge in [-0.15, -0.1) is 0 Å². The SMILES string of the molecule is CCNc1cc(NCC)c2no[n+]([O-])c2c1NCC. The average molecular weight is 265 g/mol. The zero-order valence-electron chi connectivity index (χ0n) is 11.4. The van der Waals surface area contributed by atoms with Crippen LogP contribution >= 0.6 is 0 Å². The quantitative estimate of drug-likeness (QED) is 0.690. The van der Waals surface area contributed by atoms with E-state index in [1.54, 1.807) is 0 Å². The van der Waals surface area contributed by atoms with E-state index in [2.05, 4.69) is 21.1 Å². The number of aromatic nitrogens is 2. The van der Waals surface area contributed by atoms with Crippen LogP contribution in [0.25, 0.3) is 11.0 Å². The zero-order valence-corrected chi connectivity index (χ0v) is 11.4. The predicted octanol–water partition coefficient (Wildman–Crippen LogP) is 1.76. The van der Waals surface area contributed by atoms with Crippen molar-refractivity contribution in [1.29, 1.82) is 0 Å². The molecule has 1 heterocycles. The van der Waals surface area contributed by atoms with E-state index in [-0.39, 0.29) is 0 Å². The third kappa shape index (κ3) is 2.35. The van der Waals surface area contributed by atoms with E-state index in [9.17, 15) is 5.21 Å². The Morgan fingerprint density at radius 1 is 1.11 bits per heavy atom. The van der Waals surface area contributed by atoms with Crippen LogP contribution in [0.15, 0.2) is 10.7 Å². The molecule has 7 nitrogen and oxygen atoms in total. The van der Waals surface area contributed by atoms with Gasteiger partial charge in [0.25, 0.3) is 11.0 Å². The molecule has 2 aromatic rings. The van der Waals surface area contributed by atoms with Crippen LogP contribution in [0.5, 0.6) is 0 Å². The molecule has 1 aromatic heterocycles. The molecule has 2 rings (SSSR count). The first kappa shape index (κ1) is 13.3. The largest absolute Gasteiger partial charge is 0.383 e. The van der Waals surface area contributed by atoms with Crippen LogP contribution in [-0.2, 0) is 0 Å². The van der Waals surface area contributed by atoms with E-state index in [0.717, 1.165) is 30.2 Å². The summed E-state index contributed by atoms with van der Waals surface area (Å²) in [5.41, 5.74) is 3.32. The molecule has 104 valence electrons. The standard InChI is InChI=1S/C12H19N5O2/c1-4-13-8-7-9(14-5-2)11-12(10(8)15-6-3)17(18)19-16-11/h7,13-15H,4-6H2,1-3H3. The van der Waals surface area contributed by atoms with Gasteiger partial charge in [-0.2, -0.15) is 0 Å². The fraction of sp³-hybridized carbons (Fsp3) is 0.500. The smallest absolute Gasteiger partial charge is 0.273 e. The molecule has 3 N–H and O–H groups in total. The number of hydrogen-bond acceptors (Lipinski definition) is 6. The summed E-state index contributed by atoms with van der Waals surface area (Å²) in [5, 5.41) is 25.2. The predicted molar refractivity (Wildman–Crippen MR) is 75.5 cm³/mol. The number of nitrogens with zero attached hydrogens (tertiary/aromatic N) is 2. The van der Waals surface area contributed by atoms with Gasteiger partial charge >= 0.3 is 0 Å². The summed E-state index contributed by atoms with van der Waals surface area (Å²) in [4.78, 5) is 0.439. The number of benzene rings is 1. The molecule has 0 atom stereocenters. The first-order chi connectivity index (χ1) is 9.22. The van der Waals surface area contributed by atoms with Gasteiger partial charge in [-0.05, 0) is 31.7 Å². The Kier molecular flexibility index (Phi) is 3.94. The average Bonchev–Trinajstić information content (AvgIpc) is 2.77. The monoisotopic (exact) mass is 265 g/mol. The minimum absolute atomic E-state index is 0.413. The minimum atomic E-state index is 0.413. The molecule has 0 saturated heterocycles. The Labute approximate surface area is 111 Å². The normalized spacial score (nSPS) is 10.7. The first-order valence-corrected chi connectivity index (χ1v) is 6.50. The fourth-order valence-corrected chi connectivity index (χ4v) is 2.06. The summed E-state index contributed by atoms with van der Waals surface area (Å²) >= 11 is 0. The van der Waals surface area contributed by atoms with Crippen LogP contribution in [0.1, 0.15) is 20.8 Å². The van der Waals surface area contributed by atoms with Crippen molar-refractivity contribution in [2.45, 2.75) is 20.8 Å². The lowest BCUT2D eigenvalue weighted by Gasteiger charge is -2.13. The maximum Gasteiger partial charge on any atom is 0.273 e. The molecule has 0 fully saturated rings. The highest BCUT2D eigenvalue weighted by atomic mass is 16.8. The Bertz CT molecular complexity index is 567. The van der Waals surface area contributed by atoms with Crippen molar-refractivity contribution in [1.82, 2.24) is 5.16 Å². The molecule has 0 bridgehead atoms. The molecular weight excluding hydrogens is 246 g/mol. The van der Waals surface area contributed by atoms with Gasteiger partial charge in [-0.3, -0.25) is 4.63 Å². The minimum Gasteiger partial charge on any atom is -0.383 e. The lowest BCUT2D eigenvalue weighted by Crippen LogP contribution is -2.24. The topological polar surface area (TPSA) is 89.1 Å². The van der Waals surface area contributed by atoms with Gasteiger partial charge in [-0.25, -0.2) is 0 Å². The molecule has 1 aromatic carbocycles. The summed E-state index contributed by atoms with van der Waals surface area (Å²) in [6.45, 7) is 8.18. The van der Waals surface area contributed by atoms with Crippen LogP contribution < -0.4 is 20.9 Å². The Balaban J connectivity index is 2.68. The summed E-state index contributed by atoms with van der Waals surface area (Å²) in [6.07, 6.45) is 0. The summed E-state index contributed by atoms with van der Waals surface area (Å²) < 4.78 is 4.73. The van der Waals surface area contributed by atoms with Gasteiger partial charge in [0.15, 0.2) is 0 Å². The van der Waals surface area contributed by atoms with Crippen molar-refractivity contribution >= 4 is 28.1 Å². The van der Waals surface area contributed by atoms with Crippen molar-refractivity contribution in [3.63, 3.8) is 0 Å². The molecule has 19 heavy (non-hydrogen) atoms. The van der Waals surface area contributed by atoms with E-state index >= 15 is 0 Å². The highest BCUT2D eigenvalue weighted by Crippen LogP contribution is 2.34. The van der Waals surface area contributed by atoms with Crippen LogP contribution in [0, 0.1) is 5.21 Å². The van der Waals surface area contributed by atoms with E-state index in [1.807, 2.05) is 26.8 Å². The van der Waals surface area contributed by atoms with Crippen molar-refractivity contribution in [3.05, 3.63) is 11.3 Å². The second kappa shape index (κ2) is 5.64. The highest BCUT2D eigenvalue weighted by molar-refractivity contribution is 6.00. The Morgan fingerprint density at radius 2 is 1.74 bits per heavy atom. The van der Waals surface area contributed by atoms with Gasteiger partial charge in [0, 0.05) is 24.8 Å². The molecule has 0 aliphatic rings. The van der Waals surface area contributed by atoms with Crippen molar-refractivity contribution < 1.29 is 9.53 Å². The molecule has 7 heteroatoms. The third-order valence-corrected chi connectivity index (χ3v) is 2.75. The van der Waals surface area contributed by atoms with E-state index in [0.29, 0.717) is 22.5 Å². The zero-order chi connectivity index (χ0) is 13.8. The Morgan fingerprint density at radius 3 is 2.37 bits per heavy atom. The lowest BCUT2D eigenvalue weighted by atomic mass is 10.2. The number of nitrogens with one attached hydrogen (secondary N) is 3. The van der Waals surface area contributed by atoms with E-state index in [1.165, 1.54) is 0 Å². The maximum absolute atomic E-state index is 11.8. The number of hydrogen-bond donors (Lipinski definition) is 3. The van der Waals surface area contributed by atoms with E-state index < -0.39 is 0 Å². The van der Waals surface area contributed by atoms with Gasteiger partial charge in [0.05, 0.1) is 11.4 Å². The molecular formula is C12H19N5O2. The number of rotatable bonds is 6. The molecule has 0 amide bonds. The van der Waals surface area contributed by atoms with E-state index in [4.69, 9.17) is 4.63 Å². The molecule has 0 aliphatic heterocycles. The molecule has 0 radical (unpaired) electrons. The Hall–Kier alpha value is -2.18. The highest BCUT2D eigenvalue weighted by Gasteiger charge is 2.22. The van der Waals surface area contributed by atoms with Crippen LogP contribution in [0.2, 0.25) is 0 Å². The third-order valence-electron chi connectivity index (χ3n) is 2.75. The van der Waals surface area contributed by atoms with Gasteiger partial charge in [0.2, 0.25) is 0 Å². The van der Waals surface area contributed by atoms with Crippen molar-refractivity contribution in [3.8, 4) is 0 Å². The van der Waals surface area contributed by atoms with Crippen LogP contribution in [0.3, 0.4) is 0 Å². The van der Waals surface area contributed by atoms with Gasteiger partial charge in [-0.1, -0.05) is 0 Å². The van der Waals surface area contributed by atoms with Crippen molar-refractivity contribution in [2.75, 3.05) is 35.6 Å². The number of anilines is 3. The summed E-state index contributed by atoms with van der Waals surface area (Å²) in [5.74, 6) is 0. The first-order valence-electron chi connectivity index (χ1n) is 6.50. The van der Waals surface area contributed by atoms with Crippen molar-refractivity contribution in [2.24, 2.45) is 0 Å². The maximum atomic E-state index is 11.8.